The number of carbonyl (C=O) groups is 1. The van der Waals surface area contributed by atoms with Gasteiger partial charge in [0.2, 0.25) is 5.91 Å². The van der Waals surface area contributed by atoms with Crippen molar-refractivity contribution < 1.29 is 14.3 Å². The van der Waals surface area contributed by atoms with Crippen molar-refractivity contribution in [3.8, 4) is 5.75 Å². The SMILES string of the molecule is CC(Cc1ccco1)NC(=O)[C@@H](N)Cc1ccc(O)cc1. The van der Waals surface area contributed by atoms with Gasteiger partial charge in [-0.25, -0.2) is 0 Å². The first-order valence-electron chi connectivity index (χ1n) is 6.91. The van der Waals surface area contributed by atoms with Crippen molar-refractivity contribution in [3.63, 3.8) is 0 Å². The van der Waals surface area contributed by atoms with Crippen LogP contribution in [0.3, 0.4) is 0 Å². The number of phenolic OH excluding ortho intramolecular Hbond substituents is 1. The van der Waals surface area contributed by atoms with Crippen LogP contribution in [0.1, 0.15) is 18.2 Å². The molecule has 0 saturated carbocycles. The molecule has 2 aromatic rings. The number of phenols is 1. The maximum atomic E-state index is 12.0. The van der Waals surface area contributed by atoms with E-state index >= 15 is 0 Å². The summed E-state index contributed by atoms with van der Waals surface area (Å²) in [5.74, 6) is 0.834. The first-order valence-corrected chi connectivity index (χ1v) is 6.91. The van der Waals surface area contributed by atoms with E-state index < -0.39 is 6.04 Å². The van der Waals surface area contributed by atoms with Gasteiger partial charge in [-0.2, -0.15) is 0 Å². The highest BCUT2D eigenvalue weighted by Gasteiger charge is 2.17. The van der Waals surface area contributed by atoms with Crippen LogP contribution >= 0.6 is 0 Å². The summed E-state index contributed by atoms with van der Waals surface area (Å²) in [5.41, 5.74) is 6.82. The number of benzene rings is 1. The van der Waals surface area contributed by atoms with Crippen molar-refractivity contribution in [2.45, 2.75) is 31.8 Å². The average Bonchev–Trinajstić information content (AvgIpc) is 2.94. The van der Waals surface area contributed by atoms with E-state index in [2.05, 4.69) is 5.32 Å². The van der Waals surface area contributed by atoms with Crippen LogP contribution in [0.2, 0.25) is 0 Å². The molecule has 0 spiro atoms. The fraction of sp³-hybridized carbons (Fsp3) is 0.312. The molecule has 1 amide bonds. The van der Waals surface area contributed by atoms with E-state index in [4.69, 9.17) is 10.2 Å². The van der Waals surface area contributed by atoms with Crippen LogP contribution in [0, 0.1) is 0 Å². The normalized spacial score (nSPS) is 13.6. The van der Waals surface area contributed by atoms with E-state index in [9.17, 15) is 9.90 Å². The molecule has 112 valence electrons. The second kappa shape index (κ2) is 6.95. The third-order valence-corrected chi connectivity index (χ3v) is 3.20. The van der Waals surface area contributed by atoms with Crippen molar-refractivity contribution in [1.29, 1.82) is 0 Å². The Balaban J connectivity index is 1.83. The molecule has 21 heavy (non-hydrogen) atoms. The first-order chi connectivity index (χ1) is 10.0. The molecule has 2 rings (SSSR count). The lowest BCUT2D eigenvalue weighted by Gasteiger charge is -2.17. The van der Waals surface area contributed by atoms with Crippen molar-refractivity contribution in [2.24, 2.45) is 5.73 Å². The number of hydrogen-bond acceptors (Lipinski definition) is 4. The minimum absolute atomic E-state index is 0.0467. The Kier molecular flexibility index (Phi) is 5.00. The van der Waals surface area contributed by atoms with Gasteiger partial charge in [0.25, 0.3) is 0 Å². The molecule has 4 N–H and O–H groups in total. The molecule has 0 aliphatic carbocycles. The lowest BCUT2D eigenvalue weighted by molar-refractivity contribution is -0.122. The molecule has 0 aliphatic heterocycles. The monoisotopic (exact) mass is 288 g/mol. The summed E-state index contributed by atoms with van der Waals surface area (Å²) >= 11 is 0. The zero-order valence-corrected chi connectivity index (χ0v) is 12.0. The summed E-state index contributed by atoms with van der Waals surface area (Å²) in [5, 5.41) is 12.1. The Morgan fingerprint density at radius 2 is 2.00 bits per heavy atom. The van der Waals surface area contributed by atoms with E-state index in [1.165, 1.54) is 0 Å². The van der Waals surface area contributed by atoms with Gasteiger partial charge >= 0.3 is 0 Å². The third-order valence-electron chi connectivity index (χ3n) is 3.20. The summed E-state index contributed by atoms with van der Waals surface area (Å²) in [4.78, 5) is 12.0. The van der Waals surface area contributed by atoms with Crippen LogP contribution in [0.15, 0.2) is 47.1 Å². The van der Waals surface area contributed by atoms with Crippen LogP contribution in [0.4, 0.5) is 0 Å². The molecule has 0 radical (unpaired) electrons. The minimum Gasteiger partial charge on any atom is -0.508 e. The standard InChI is InChI=1S/C16H20N2O3/c1-11(9-14-3-2-8-21-14)18-16(20)15(17)10-12-4-6-13(19)7-5-12/h2-8,11,15,19H,9-10,17H2,1H3,(H,18,20)/t11?,15-/m0/s1. The molecule has 2 atom stereocenters. The molecule has 1 unspecified atom stereocenters. The summed E-state index contributed by atoms with van der Waals surface area (Å²) in [6.07, 6.45) is 2.67. The molecule has 0 bridgehead atoms. The smallest absolute Gasteiger partial charge is 0.237 e. The highest BCUT2D eigenvalue weighted by atomic mass is 16.3. The zero-order chi connectivity index (χ0) is 15.2. The summed E-state index contributed by atoms with van der Waals surface area (Å²) in [6.45, 7) is 1.91. The molecular weight excluding hydrogens is 268 g/mol. The van der Waals surface area contributed by atoms with Crippen molar-refractivity contribution in [2.75, 3.05) is 0 Å². The van der Waals surface area contributed by atoms with Gasteiger partial charge in [-0.15, -0.1) is 0 Å². The molecule has 1 heterocycles. The second-order valence-electron chi connectivity index (χ2n) is 5.17. The molecular formula is C16H20N2O3. The molecule has 1 aromatic heterocycles. The second-order valence-corrected chi connectivity index (χ2v) is 5.17. The highest BCUT2D eigenvalue weighted by Crippen LogP contribution is 2.11. The fourth-order valence-electron chi connectivity index (χ4n) is 2.11. The summed E-state index contributed by atoms with van der Waals surface area (Å²) < 4.78 is 5.25. The maximum Gasteiger partial charge on any atom is 0.237 e. The van der Waals surface area contributed by atoms with Gasteiger partial charge in [0, 0.05) is 12.5 Å². The number of rotatable bonds is 6. The molecule has 0 fully saturated rings. The Morgan fingerprint density at radius 1 is 1.29 bits per heavy atom. The largest absolute Gasteiger partial charge is 0.508 e. The number of amides is 1. The first kappa shape index (κ1) is 15.1. The fourth-order valence-corrected chi connectivity index (χ4v) is 2.11. The number of furan rings is 1. The van der Waals surface area contributed by atoms with Crippen molar-refractivity contribution >= 4 is 5.91 Å². The van der Waals surface area contributed by atoms with Crippen LogP contribution in [0.25, 0.3) is 0 Å². The van der Waals surface area contributed by atoms with E-state index in [1.54, 1.807) is 30.5 Å². The van der Waals surface area contributed by atoms with Gasteiger partial charge in [-0.1, -0.05) is 12.1 Å². The molecule has 5 nitrogen and oxygen atoms in total. The van der Waals surface area contributed by atoms with Crippen molar-refractivity contribution in [1.82, 2.24) is 5.32 Å². The van der Waals surface area contributed by atoms with Gasteiger partial charge < -0.3 is 20.6 Å². The average molecular weight is 288 g/mol. The van der Waals surface area contributed by atoms with Gasteiger partial charge in [-0.3, -0.25) is 4.79 Å². The molecule has 1 aromatic carbocycles. The highest BCUT2D eigenvalue weighted by molar-refractivity contribution is 5.82. The summed E-state index contributed by atoms with van der Waals surface area (Å²) in [7, 11) is 0. The number of nitrogens with one attached hydrogen (secondary N) is 1. The minimum atomic E-state index is -0.617. The Morgan fingerprint density at radius 3 is 2.62 bits per heavy atom. The Hall–Kier alpha value is -2.27. The third kappa shape index (κ3) is 4.65. The van der Waals surface area contributed by atoms with Crippen molar-refractivity contribution in [3.05, 3.63) is 54.0 Å². The number of carbonyl (C=O) groups excluding carboxylic acids is 1. The van der Waals surface area contributed by atoms with Gasteiger partial charge in [0.05, 0.1) is 12.3 Å². The number of hydrogen-bond donors (Lipinski definition) is 3. The zero-order valence-electron chi connectivity index (χ0n) is 12.0. The number of nitrogens with two attached hydrogens (primary N) is 1. The topological polar surface area (TPSA) is 88.5 Å². The van der Waals surface area contributed by atoms with Crippen LogP contribution in [0.5, 0.6) is 5.75 Å². The lowest BCUT2D eigenvalue weighted by Crippen LogP contribution is -2.46. The Labute approximate surface area is 123 Å². The van der Waals surface area contributed by atoms with Crippen LogP contribution in [-0.2, 0) is 17.6 Å². The quantitative estimate of drug-likeness (QED) is 0.753. The predicted octanol–water partition coefficient (Wildman–Crippen LogP) is 1.60. The van der Waals surface area contributed by atoms with Gasteiger partial charge in [0.1, 0.15) is 11.5 Å². The van der Waals surface area contributed by atoms with E-state index in [0.717, 1.165) is 11.3 Å². The van der Waals surface area contributed by atoms with Gasteiger partial charge in [0.15, 0.2) is 0 Å². The number of aromatic hydroxyl groups is 1. The Bertz CT molecular complexity index is 564. The predicted molar refractivity (Wildman–Crippen MR) is 79.8 cm³/mol. The summed E-state index contributed by atoms with van der Waals surface area (Å²) in [6, 6.07) is 9.71. The van der Waals surface area contributed by atoms with Gasteiger partial charge in [-0.05, 0) is 43.2 Å². The van der Waals surface area contributed by atoms with Crippen LogP contribution < -0.4 is 11.1 Å². The lowest BCUT2D eigenvalue weighted by atomic mass is 10.1. The molecule has 0 saturated heterocycles. The van der Waals surface area contributed by atoms with Crippen LogP contribution in [-0.4, -0.2) is 23.1 Å². The maximum absolute atomic E-state index is 12.0. The van der Waals surface area contributed by atoms with E-state index in [0.29, 0.717) is 12.8 Å². The van der Waals surface area contributed by atoms with E-state index in [1.807, 2.05) is 19.1 Å². The van der Waals surface area contributed by atoms with E-state index in [-0.39, 0.29) is 17.7 Å². The molecule has 0 aliphatic rings. The molecule has 5 heteroatoms.